The standard InChI is InChI=1S/C11H18ClNO/c1-8(12)11(14)13-7-3-5-9-4-2-6-10(9)13/h8-10H,2-7H2,1H3. The number of carbonyl (C=O) groups excluding carboxylic acids is 1. The molecular weight excluding hydrogens is 198 g/mol. The molecule has 0 bridgehead atoms. The number of piperidine rings is 1. The van der Waals surface area contributed by atoms with E-state index in [-0.39, 0.29) is 11.3 Å². The molecule has 0 aromatic carbocycles. The first-order valence-electron chi connectivity index (χ1n) is 5.64. The van der Waals surface area contributed by atoms with E-state index in [4.69, 9.17) is 11.6 Å². The Morgan fingerprint density at radius 1 is 1.36 bits per heavy atom. The smallest absolute Gasteiger partial charge is 0.240 e. The van der Waals surface area contributed by atoms with Crippen LogP contribution in [0.5, 0.6) is 0 Å². The average Bonchev–Trinajstić information content (AvgIpc) is 2.63. The molecule has 0 aromatic heterocycles. The minimum Gasteiger partial charge on any atom is -0.338 e. The number of hydrogen-bond donors (Lipinski definition) is 0. The number of rotatable bonds is 1. The van der Waals surface area contributed by atoms with Gasteiger partial charge in [0.25, 0.3) is 0 Å². The maximum Gasteiger partial charge on any atom is 0.240 e. The fraction of sp³-hybridized carbons (Fsp3) is 0.909. The molecule has 80 valence electrons. The number of likely N-dealkylation sites (tertiary alicyclic amines) is 1. The Balaban J connectivity index is 2.06. The van der Waals surface area contributed by atoms with Crippen molar-refractivity contribution in [3.05, 3.63) is 0 Å². The predicted octanol–water partition coefficient (Wildman–Crippen LogP) is 2.40. The zero-order valence-corrected chi connectivity index (χ0v) is 9.46. The van der Waals surface area contributed by atoms with Crippen LogP contribution in [0.4, 0.5) is 0 Å². The first-order valence-corrected chi connectivity index (χ1v) is 6.08. The molecule has 0 radical (unpaired) electrons. The van der Waals surface area contributed by atoms with E-state index in [1.165, 1.54) is 25.7 Å². The maximum atomic E-state index is 11.8. The van der Waals surface area contributed by atoms with Gasteiger partial charge in [-0.05, 0) is 38.5 Å². The summed E-state index contributed by atoms with van der Waals surface area (Å²) in [4.78, 5) is 13.9. The lowest BCUT2D eigenvalue weighted by molar-refractivity contribution is -0.135. The van der Waals surface area contributed by atoms with Crippen LogP contribution in [0.1, 0.15) is 39.0 Å². The van der Waals surface area contributed by atoms with Crippen molar-refractivity contribution in [2.45, 2.75) is 50.4 Å². The van der Waals surface area contributed by atoms with Crippen LogP contribution in [0.15, 0.2) is 0 Å². The monoisotopic (exact) mass is 215 g/mol. The SMILES string of the molecule is CC(Cl)C(=O)N1CCCC2CCCC21. The summed E-state index contributed by atoms with van der Waals surface area (Å²) in [7, 11) is 0. The number of carbonyl (C=O) groups is 1. The van der Waals surface area contributed by atoms with Crippen molar-refractivity contribution >= 4 is 17.5 Å². The Hall–Kier alpha value is -0.240. The summed E-state index contributed by atoms with van der Waals surface area (Å²) < 4.78 is 0. The summed E-state index contributed by atoms with van der Waals surface area (Å²) in [5, 5.41) is -0.352. The van der Waals surface area contributed by atoms with Crippen molar-refractivity contribution in [1.82, 2.24) is 4.90 Å². The fourth-order valence-electron chi connectivity index (χ4n) is 2.96. The lowest BCUT2D eigenvalue weighted by atomic mass is 9.92. The molecule has 1 amide bonds. The number of fused-ring (bicyclic) bond motifs is 1. The average molecular weight is 216 g/mol. The van der Waals surface area contributed by atoms with E-state index in [2.05, 4.69) is 0 Å². The molecule has 2 fully saturated rings. The molecule has 1 saturated heterocycles. The number of amides is 1. The van der Waals surface area contributed by atoms with Gasteiger partial charge in [0.2, 0.25) is 5.91 Å². The highest BCUT2D eigenvalue weighted by molar-refractivity contribution is 6.30. The Labute approximate surface area is 90.6 Å². The molecule has 1 saturated carbocycles. The Bertz CT molecular complexity index is 229. The zero-order valence-electron chi connectivity index (χ0n) is 8.71. The molecule has 2 aliphatic rings. The normalized spacial score (nSPS) is 34.0. The van der Waals surface area contributed by atoms with Crippen molar-refractivity contribution in [2.24, 2.45) is 5.92 Å². The Morgan fingerprint density at radius 3 is 2.79 bits per heavy atom. The highest BCUT2D eigenvalue weighted by Crippen LogP contribution is 2.37. The number of alkyl halides is 1. The largest absolute Gasteiger partial charge is 0.338 e. The minimum atomic E-state index is -0.352. The summed E-state index contributed by atoms with van der Waals surface area (Å²) in [6.07, 6.45) is 6.27. The number of halogens is 1. The predicted molar refractivity (Wildman–Crippen MR) is 57.4 cm³/mol. The van der Waals surface area contributed by atoms with E-state index in [1.54, 1.807) is 6.92 Å². The van der Waals surface area contributed by atoms with Gasteiger partial charge in [-0.3, -0.25) is 4.79 Å². The third kappa shape index (κ3) is 1.77. The maximum absolute atomic E-state index is 11.8. The molecule has 14 heavy (non-hydrogen) atoms. The fourth-order valence-corrected chi connectivity index (χ4v) is 3.08. The molecular formula is C11H18ClNO. The molecule has 2 nitrogen and oxygen atoms in total. The molecule has 1 heterocycles. The number of nitrogens with zero attached hydrogens (tertiary/aromatic N) is 1. The van der Waals surface area contributed by atoms with E-state index >= 15 is 0 Å². The van der Waals surface area contributed by atoms with E-state index in [1.807, 2.05) is 4.90 Å². The van der Waals surface area contributed by atoms with Gasteiger partial charge in [-0.25, -0.2) is 0 Å². The quantitative estimate of drug-likeness (QED) is 0.616. The van der Waals surface area contributed by atoms with Crippen molar-refractivity contribution in [3.63, 3.8) is 0 Å². The Kier molecular flexibility index (Phi) is 3.01. The molecule has 3 atom stereocenters. The van der Waals surface area contributed by atoms with Crippen LogP contribution in [0.2, 0.25) is 0 Å². The van der Waals surface area contributed by atoms with E-state index in [9.17, 15) is 4.79 Å². The van der Waals surface area contributed by atoms with Gasteiger partial charge in [0.15, 0.2) is 0 Å². The van der Waals surface area contributed by atoms with Crippen LogP contribution in [0, 0.1) is 5.92 Å². The molecule has 0 N–H and O–H groups in total. The summed E-state index contributed by atoms with van der Waals surface area (Å²) >= 11 is 5.86. The van der Waals surface area contributed by atoms with Gasteiger partial charge in [0, 0.05) is 12.6 Å². The summed E-state index contributed by atoms with van der Waals surface area (Å²) in [6, 6.07) is 0.512. The number of hydrogen-bond acceptors (Lipinski definition) is 1. The highest BCUT2D eigenvalue weighted by atomic mass is 35.5. The third-order valence-corrected chi connectivity index (χ3v) is 3.80. The van der Waals surface area contributed by atoms with Crippen LogP contribution in [-0.4, -0.2) is 28.8 Å². The lowest BCUT2D eigenvalue weighted by Crippen LogP contribution is -2.48. The summed E-state index contributed by atoms with van der Waals surface area (Å²) in [6.45, 7) is 2.71. The summed E-state index contributed by atoms with van der Waals surface area (Å²) in [5.74, 6) is 0.909. The second-order valence-corrected chi connectivity index (χ2v) is 5.20. The topological polar surface area (TPSA) is 20.3 Å². The van der Waals surface area contributed by atoms with Crippen molar-refractivity contribution < 1.29 is 4.79 Å². The highest BCUT2D eigenvalue weighted by Gasteiger charge is 2.37. The molecule has 2 rings (SSSR count). The molecule has 1 aliphatic carbocycles. The van der Waals surface area contributed by atoms with E-state index < -0.39 is 0 Å². The lowest BCUT2D eigenvalue weighted by Gasteiger charge is -2.38. The van der Waals surface area contributed by atoms with Gasteiger partial charge in [-0.2, -0.15) is 0 Å². The molecule has 0 spiro atoms. The van der Waals surface area contributed by atoms with Gasteiger partial charge in [0.05, 0.1) is 0 Å². The van der Waals surface area contributed by atoms with E-state index in [0.717, 1.165) is 18.9 Å². The van der Waals surface area contributed by atoms with Crippen LogP contribution in [0.3, 0.4) is 0 Å². The first kappa shape index (κ1) is 10.3. The molecule has 3 unspecified atom stereocenters. The van der Waals surface area contributed by atoms with Crippen LogP contribution in [-0.2, 0) is 4.79 Å². The molecule has 3 heteroatoms. The third-order valence-electron chi connectivity index (χ3n) is 3.62. The van der Waals surface area contributed by atoms with Crippen LogP contribution < -0.4 is 0 Å². The second kappa shape index (κ2) is 4.09. The van der Waals surface area contributed by atoms with Gasteiger partial charge in [-0.15, -0.1) is 11.6 Å². The van der Waals surface area contributed by atoms with Crippen molar-refractivity contribution in [3.8, 4) is 0 Å². The van der Waals surface area contributed by atoms with Crippen molar-refractivity contribution in [1.29, 1.82) is 0 Å². The Morgan fingerprint density at radius 2 is 2.07 bits per heavy atom. The van der Waals surface area contributed by atoms with Crippen LogP contribution in [0.25, 0.3) is 0 Å². The van der Waals surface area contributed by atoms with Crippen molar-refractivity contribution in [2.75, 3.05) is 6.54 Å². The van der Waals surface area contributed by atoms with Gasteiger partial charge >= 0.3 is 0 Å². The molecule has 0 aromatic rings. The first-order chi connectivity index (χ1) is 6.70. The second-order valence-electron chi connectivity index (χ2n) is 4.55. The van der Waals surface area contributed by atoms with Gasteiger partial charge in [-0.1, -0.05) is 6.42 Å². The van der Waals surface area contributed by atoms with E-state index in [0.29, 0.717) is 6.04 Å². The molecule has 1 aliphatic heterocycles. The minimum absolute atomic E-state index is 0.142. The van der Waals surface area contributed by atoms with Gasteiger partial charge < -0.3 is 4.90 Å². The summed E-state index contributed by atoms with van der Waals surface area (Å²) in [5.41, 5.74) is 0. The zero-order chi connectivity index (χ0) is 10.1. The van der Waals surface area contributed by atoms with Gasteiger partial charge in [0.1, 0.15) is 5.38 Å². The van der Waals surface area contributed by atoms with Crippen LogP contribution >= 0.6 is 11.6 Å².